The van der Waals surface area contributed by atoms with Gasteiger partial charge in [-0.2, -0.15) is 0 Å². The van der Waals surface area contributed by atoms with Crippen molar-refractivity contribution in [3.63, 3.8) is 0 Å². The molecule has 4 rings (SSSR count). The number of allylic oxidation sites excluding steroid dienone is 2. The molecule has 243 valence electrons. The van der Waals surface area contributed by atoms with Crippen molar-refractivity contribution in [2.45, 2.75) is 63.2 Å². The number of alkyl halides is 6. The zero-order valence-corrected chi connectivity index (χ0v) is 30.3. The van der Waals surface area contributed by atoms with E-state index in [1.807, 2.05) is 55.4 Å². The van der Waals surface area contributed by atoms with Gasteiger partial charge in [0.1, 0.15) is 0 Å². The first-order chi connectivity index (χ1) is 20.2. The van der Waals surface area contributed by atoms with E-state index in [4.69, 9.17) is 5.11 Å². The van der Waals surface area contributed by atoms with Gasteiger partial charge in [-0.3, -0.25) is 4.79 Å². The molecule has 3 aromatic carbocycles. The van der Waals surface area contributed by atoms with E-state index in [9.17, 15) is 31.1 Å². The molecule has 45 heavy (non-hydrogen) atoms. The average Bonchev–Trinajstić information content (AvgIpc) is 2.89. The molecule has 0 spiro atoms. The second-order valence-electron chi connectivity index (χ2n) is 11.9. The van der Waals surface area contributed by atoms with Gasteiger partial charge in [0.2, 0.25) is 0 Å². The Morgan fingerprint density at radius 3 is 1.98 bits per heavy atom. The number of carbonyl (C=O) groups excluding carboxylic acids is 1. The number of benzene rings is 3. The van der Waals surface area contributed by atoms with Gasteiger partial charge in [-0.05, 0) is 13.8 Å². The van der Waals surface area contributed by atoms with E-state index in [0.717, 1.165) is 28.5 Å². The number of hydrogen-bond acceptors (Lipinski definition) is 3. The molecule has 0 aliphatic carbocycles. The number of carbonyl (C=O) groups is 1. The van der Waals surface area contributed by atoms with Crippen LogP contribution in [0.15, 0.2) is 72.6 Å². The Balaban J connectivity index is 0.000000791. The molecule has 1 aromatic heterocycles. The Hall–Kier alpha value is -2.95. The molecule has 3 nitrogen and oxygen atoms in total. The maximum Gasteiger partial charge on any atom is 0 e. The van der Waals surface area contributed by atoms with Gasteiger partial charge in [-0.15, -0.1) is 0 Å². The van der Waals surface area contributed by atoms with E-state index >= 15 is 0 Å². The summed E-state index contributed by atoms with van der Waals surface area (Å²) < 4.78 is 85.2. The van der Waals surface area contributed by atoms with Gasteiger partial charge in [0.15, 0.2) is 5.78 Å². The van der Waals surface area contributed by atoms with Crippen molar-refractivity contribution in [1.82, 2.24) is 4.98 Å². The number of nitrogens with zero attached hydrogens (tertiary/aromatic N) is 1. The summed E-state index contributed by atoms with van der Waals surface area (Å²) in [5, 5.41) is 10.1. The van der Waals surface area contributed by atoms with Gasteiger partial charge in [0, 0.05) is 26.2 Å². The van der Waals surface area contributed by atoms with Gasteiger partial charge in [0.05, 0.1) is 5.76 Å². The molecular weight excluding hydrogens is 833 g/mol. The Morgan fingerprint density at radius 1 is 0.889 bits per heavy atom. The third kappa shape index (κ3) is 9.77. The molecule has 0 bridgehead atoms. The number of halogens is 6. The second kappa shape index (κ2) is 14.6. The summed E-state index contributed by atoms with van der Waals surface area (Å²) in [7, 11) is 0. The van der Waals surface area contributed by atoms with Gasteiger partial charge >= 0.3 is 209 Å². The molecule has 1 heterocycles. The minimum Gasteiger partial charge on any atom is 0 e. The molecule has 0 atom stereocenters. The van der Waals surface area contributed by atoms with Crippen LogP contribution in [0.4, 0.5) is 26.3 Å². The zero-order valence-electron chi connectivity index (χ0n) is 25.8. The monoisotopic (exact) mass is 869 g/mol. The number of rotatable bonds is 5. The fraction of sp³-hybridized carbons (Fsp3) is 0.294. The van der Waals surface area contributed by atoms with E-state index < -0.39 is 47.9 Å². The standard InChI is InChI=1S/C29H26F6GeN.C5H8O2.Ir/c1-17(2)23-13-19(12-18-8-6-7-9-21(18)23)27-15-24(26(16-37-27)29(33,34)35)22-11-10-20(36(3,4)5)14-25(22)28(30,31)32;1-4(6)3-5(2)7;/h6-11,13-17H,1-5H3;3,6H,1-2H3;/q-1;;/b;4-3-;. The molecule has 1 radical (unpaired) electrons. The molecule has 0 saturated heterocycles. The van der Waals surface area contributed by atoms with Gasteiger partial charge in [0.25, 0.3) is 0 Å². The van der Waals surface area contributed by atoms with Crippen LogP contribution in [0.5, 0.6) is 0 Å². The molecule has 0 fully saturated rings. The predicted molar refractivity (Wildman–Crippen MR) is 166 cm³/mol. The molecule has 0 amide bonds. The van der Waals surface area contributed by atoms with Crippen molar-refractivity contribution in [1.29, 1.82) is 0 Å². The van der Waals surface area contributed by atoms with Crippen molar-refractivity contribution >= 4 is 34.2 Å². The van der Waals surface area contributed by atoms with Gasteiger partial charge in [-0.1, -0.05) is 6.07 Å². The Labute approximate surface area is 275 Å². The molecule has 0 saturated carbocycles. The van der Waals surface area contributed by atoms with Crippen LogP contribution in [0.2, 0.25) is 17.3 Å². The van der Waals surface area contributed by atoms with Crippen LogP contribution in [0.3, 0.4) is 0 Å². The minimum absolute atomic E-state index is 0. The summed E-state index contributed by atoms with van der Waals surface area (Å²) in [5.74, 6) is 5.83. The van der Waals surface area contributed by atoms with Crippen LogP contribution in [0, 0.1) is 6.07 Å². The van der Waals surface area contributed by atoms with Crippen molar-refractivity contribution in [3.05, 3.63) is 95.4 Å². The molecule has 1 N–H and O–H groups in total. The molecule has 0 aliphatic rings. The fourth-order valence-electron chi connectivity index (χ4n) is 4.70. The summed E-state index contributed by atoms with van der Waals surface area (Å²) in [6.45, 7) is 6.84. The first-order valence-corrected chi connectivity index (χ1v) is 21.2. The molecule has 11 heteroatoms. The van der Waals surface area contributed by atoms with Crippen molar-refractivity contribution in [3.8, 4) is 22.4 Å². The predicted octanol–water partition coefficient (Wildman–Crippen LogP) is 10.1. The number of aliphatic hydroxyl groups is 1. The van der Waals surface area contributed by atoms with Crippen LogP contribution in [-0.4, -0.2) is 29.1 Å². The number of ketones is 1. The van der Waals surface area contributed by atoms with E-state index in [0.29, 0.717) is 16.2 Å². The molecular formula is C34H34F6GeIrNO2-. The Bertz CT molecular complexity index is 1700. The number of fused-ring (bicyclic) bond motifs is 1. The quantitative estimate of drug-likeness (QED) is 0.0715. The Kier molecular flexibility index (Phi) is 12.4. The summed E-state index contributed by atoms with van der Waals surface area (Å²) in [4.78, 5) is 14.1. The largest absolute Gasteiger partial charge is 0 e. The van der Waals surface area contributed by atoms with Crippen LogP contribution in [0.25, 0.3) is 33.2 Å². The van der Waals surface area contributed by atoms with Crippen molar-refractivity contribution < 1.29 is 56.3 Å². The summed E-state index contributed by atoms with van der Waals surface area (Å²) >= 11 is -2.70. The SMILES string of the molecule is CC(=O)/C=C(/C)O.CC(C)c1cc(-c2cc(-c3cc[c]([Ge]([CH3])([CH3])[CH3])cc3C(F)(F)F)c(C(F)(F)F)cn2)[c-]c2ccccc12.[Ir]. The number of pyridine rings is 1. The average molecular weight is 867 g/mol. The minimum atomic E-state index is -4.89. The topological polar surface area (TPSA) is 50.2 Å². The first-order valence-electron chi connectivity index (χ1n) is 13.8. The second-order valence-corrected chi connectivity index (χ2v) is 22.5. The van der Waals surface area contributed by atoms with E-state index in [1.165, 1.54) is 32.1 Å². The number of aromatic nitrogens is 1. The van der Waals surface area contributed by atoms with Crippen LogP contribution in [0.1, 0.15) is 50.3 Å². The van der Waals surface area contributed by atoms with Crippen molar-refractivity contribution in [2.24, 2.45) is 0 Å². The smallest absolute Gasteiger partial charge is 0 e. The van der Waals surface area contributed by atoms with Crippen LogP contribution >= 0.6 is 0 Å². The van der Waals surface area contributed by atoms with Crippen molar-refractivity contribution in [2.75, 3.05) is 0 Å². The van der Waals surface area contributed by atoms with E-state index in [-0.39, 0.29) is 43.3 Å². The summed E-state index contributed by atoms with van der Waals surface area (Å²) in [6, 6.07) is 17.3. The first kappa shape index (κ1) is 38.2. The summed E-state index contributed by atoms with van der Waals surface area (Å²) in [6.07, 6.45) is -7.93. The molecule has 0 unspecified atom stereocenters. The van der Waals surface area contributed by atoms with E-state index in [2.05, 4.69) is 11.1 Å². The van der Waals surface area contributed by atoms with E-state index in [1.54, 1.807) is 6.07 Å². The molecule has 4 aromatic rings. The normalized spacial score (nSPS) is 12.4. The molecule has 0 aliphatic heterocycles. The third-order valence-corrected chi connectivity index (χ3v) is 11.1. The zero-order chi connectivity index (χ0) is 33.2. The maximum absolute atomic E-state index is 14.2. The fourth-order valence-corrected chi connectivity index (χ4v) is 7.13. The van der Waals surface area contributed by atoms with Gasteiger partial charge in [-0.25, -0.2) is 0 Å². The third-order valence-electron chi connectivity index (χ3n) is 6.81. The Morgan fingerprint density at radius 2 is 1.49 bits per heavy atom. The summed E-state index contributed by atoms with van der Waals surface area (Å²) in [5.41, 5.74) is -1.84. The maximum atomic E-state index is 14.2. The number of aliphatic hydroxyl groups excluding tert-OH is 1. The number of hydrogen-bond donors (Lipinski definition) is 1. The van der Waals surface area contributed by atoms with Crippen LogP contribution in [-0.2, 0) is 37.3 Å². The van der Waals surface area contributed by atoms with Crippen LogP contribution < -0.4 is 4.40 Å². The van der Waals surface area contributed by atoms with Gasteiger partial charge < -0.3 is 5.11 Å².